The van der Waals surface area contributed by atoms with Gasteiger partial charge in [-0.3, -0.25) is 24.2 Å². The fourth-order valence-corrected chi connectivity index (χ4v) is 5.44. The number of fused-ring (bicyclic) bond motifs is 3. The third-order valence-electron chi connectivity index (χ3n) is 7.53. The minimum atomic E-state index is -0.831. The summed E-state index contributed by atoms with van der Waals surface area (Å²) in [4.78, 5) is 47.0. The first-order chi connectivity index (χ1) is 16.8. The summed E-state index contributed by atoms with van der Waals surface area (Å²) in [5, 5.41) is 2.98. The number of anilines is 1. The van der Waals surface area contributed by atoms with Crippen LogP contribution in [0.1, 0.15) is 41.3 Å². The normalized spacial score (nSPS) is 22.8. The lowest BCUT2D eigenvalue weighted by Gasteiger charge is -2.48. The number of benzene rings is 2. The van der Waals surface area contributed by atoms with E-state index in [-0.39, 0.29) is 24.3 Å². The van der Waals surface area contributed by atoms with Crippen LogP contribution in [0.4, 0.5) is 5.69 Å². The van der Waals surface area contributed by atoms with Gasteiger partial charge >= 0.3 is 0 Å². The summed E-state index contributed by atoms with van der Waals surface area (Å²) < 4.78 is 0. The number of amides is 3. The van der Waals surface area contributed by atoms with Gasteiger partial charge in [0.1, 0.15) is 12.2 Å². The highest BCUT2D eigenvalue weighted by Crippen LogP contribution is 2.43. The number of carbonyl (C=O) groups is 3. The quantitative estimate of drug-likeness (QED) is 0.692. The molecule has 5 rings (SSSR count). The maximum atomic E-state index is 13.3. The first-order valence-electron chi connectivity index (χ1n) is 12.3. The number of carbonyl (C=O) groups excluding carboxylic acids is 3. The van der Waals surface area contributed by atoms with Crippen LogP contribution in [0.3, 0.4) is 0 Å². The SMILES string of the molecule is CN1CCN(Cc2cccc(CNC(=O)CN3C(=O)c4ccccc4N4C(=O)CCC34C)c2)CC1. The zero-order valence-corrected chi connectivity index (χ0v) is 20.5. The molecule has 8 nitrogen and oxygen atoms in total. The molecule has 2 aromatic carbocycles. The van der Waals surface area contributed by atoms with Crippen molar-refractivity contribution in [1.82, 2.24) is 20.0 Å². The molecule has 0 bridgehead atoms. The van der Waals surface area contributed by atoms with Crippen molar-refractivity contribution < 1.29 is 14.4 Å². The van der Waals surface area contributed by atoms with Gasteiger partial charge in [0, 0.05) is 45.7 Å². The zero-order valence-electron chi connectivity index (χ0n) is 20.5. The Morgan fingerprint density at radius 3 is 2.54 bits per heavy atom. The molecule has 0 aromatic heterocycles. The van der Waals surface area contributed by atoms with E-state index in [1.54, 1.807) is 28.0 Å². The van der Waals surface area contributed by atoms with E-state index in [2.05, 4.69) is 34.3 Å². The Labute approximate surface area is 206 Å². The fraction of sp³-hybridized carbons (Fsp3) is 0.444. The summed E-state index contributed by atoms with van der Waals surface area (Å²) in [6.07, 6.45) is 0.865. The second-order valence-electron chi connectivity index (χ2n) is 10.0. The molecule has 3 amide bonds. The Bertz CT molecular complexity index is 1140. The Kier molecular flexibility index (Phi) is 6.34. The second-order valence-corrected chi connectivity index (χ2v) is 10.0. The lowest BCUT2D eigenvalue weighted by atomic mass is 9.98. The Balaban J connectivity index is 1.24. The third kappa shape index (κ3) is 4.56. The molecule has 3 aliphatic rings. The van der Waals surface area contributed by atoms with Crippen LogP contribution in [0.25, 0.3) is 0 Å². The zero-order chi connectivity index (χ0) is 24.6. The summed E-state index contributed by atoms with van der Waals surface area (Å²) >= 11 is 0. The van der Waals surface area contributed by atoms with Crippen LogP contribution in [0.2, 0.25) is 0 Å². The van der Waals surface area contributed by atoms with Gasteiger partial charge in [0.15, 0.2) is 0 Å². The van der Waals surface area contributed by atoms with E-state index in [0.29, 0.717) is 30.6 Å². The molecule has 0 aliphatic carbocycles. The first-order valence-corrected chi connectivity index (χ1v) is 12.3. The van der Waals surface area contributed by atoms with Crippen LogP contribution in [0.15, 0.2) is 48.5 Å². The molecule has 35 heavy (non-hydrogen) atoms. The average molecular weight is 476 g/mol. The number of rotatable bonds is 6. The molecule has 0 saturated carbocycles. The van der Waals surface area contributed by atoms with Crippen molar-refractivity contribution in [3.63, 3.8) is 0 Å². The highest BCUT2D eigenvalue weighted by atomic mass is 16.2. The van der Waals surface area contributed by atoms with Crippen molar-refractivity contribution in [2.24, 2.45) is 0 Å². The predicted octanol–water partition coefficient (Wildman–Crippen LogP) is 2.05. The van der Waals surface area contributed by atoms with Crippen LogP contribution < -0.4 is 10.2 Å². The molecule has 1 atom stereocenters. The first kappa shape index (κ1) is 23.5. The molecule has 2 saturated heterocycles. The maximum absolute atomic E-state index is 13.3. The fourth-order valence-electron chi connectivity index (χ4n) is 5.44. The summed E-state index contributed by atoms with van der Waals surface area (Å²) in [5.41, 5.74) is 2.53. The Morgan fingerprint density at radius 2 is 1.74 bits per heavy atom. The van der Waals surface area contributed by atoms with E-state index in [0.717, 1.165) is 38.3 Å². The van der Waals surface area contributed by atoms with Gasteiger partial charge in [0.2, 0.25) is 11.8 Å². The van der Waals surface area contributed by atoms with Crippen molar-refractivity contribution in [3.8, 4) is 0 Å². The van der Waals surface area contributed by atoms with Gasteiger partial charge in [0.25, 0.3) is 5.91 Å². The highest BCUT2D eigenvalue weighted by molar-refractivity contribution is 6.11. The lowest BCUT2D eigenvalue weighted by molar-refractivity contribution is -0.124. The van der Waals surface area contributed by atoms with Gasteiger partial charge in [-0.15, -0.1) is 0 Å². The molecule has 184 valence electrons. The largest absolute Gasteiger partial charge is 0.350 e. The Morgan fingerprint density at radius 1 is 1.00 bits per heavy atom. The number of piperazine rings is 1. The average Bonchev–Trinajstić information content (AvgIpc) is 3.17. The summed E-state index contributed by atoms with van der Waals surface area (Å²) in [6.45, 7) is 7.36. The van der Waals surface area contributed by atoms with E-state index in [9.17, 15) is 14.4 Å². The molecular weight excluding hydrogens is 442 g/mol. The van der Waals surface area contributed by atoms with Gasteiger partial charge in [-0.1, -0.05) is 36.4 Å². The summed E-state index contributed by atoms with van der Waals surface area (Å²) in [5.74, 6) is -0.462. The highest BCUT2D eigenvalue weighted by Gasteiger charge is 2.53. The molecule has 1 N–H and O–H groups in total. The molecule has 2 aromatic rings. The number of likely N-dealkylation sites (N-methyl/N-ethyl adjacent to an activating group) is 1. The smallest absolute Gasteiger partial charge is 0.258 e. The molecule has 0 radical (unpaired) electrons. The van der Waals surface area contributed by atoms with Crippen LogP contribution in [0.5, 0.6) is 0 Å². The van der Waals surface area contributed by atoms with Crippen LogP contribution >= 0.6 is 0 Å². The van der Waals surface area contributed by atoms with Crippen molar-refractivity contribution in [2.75, 3.05) is 44.7 Å². The van der Waals surface area contributed by atoms with Crippen molar-refractivity contribution in [2.45, 2.75) is 38.5 Å². The lowest BCUT2D eigenvalue weighted by Crippen LogP contribution is -2.63. The molecule has 2 fully saturated rings. The maximum Gasteiger partial charge on any atom is 0.258 e. The van der Waals surface area contributed by atoms with Crippen LogP contribution in [-0.4, -0.2) is 77.9 Å². The second kappa shape index (κ2) is 9.43. The van der Waals surface area contributed by atoms with Gasteiger partial charge in [-0.2, -0.15) is 0 Å². The monoisotopic (exact) mass is 475 g/mol. The molecule has 3 heterocycles. The molecule has 3 aliphatic heterocycles. The van der Waals surface area contributed by atoms with Crippen molar-refractivity contribution >= 4 is 23.4 Å². The van der Waals surface area contributed by atoms with E-state index in [1.807, 2.05) is 25.1 Å². The van der Waals surface area contributed by atoms with E-state index in [1.165, 1.54) is 5.56 Å². The minimum absolute atomic E-state index is 0.0185. The molecular formula is C27H33N5O3. The number of nitrogens with zero attached hydrogens (tertiary/aromatic N) is 4. The van der Waals surface area contributed by atoms with Crippen LogP contribution in [-0.2, 0) is 22.7 Å². The number of hydrogen-bond donors (Lipinski definition) is 1. The predicted molar refractivity (Wildman–Crippen MR) is 134 cm³/mol. The van der Waals surface area contributed by atoms with Gasteiger partial charge < -0.3 is 15.1 Å². The van der Waals surface area contributed by atoms with Crippen molar-refractivity contribution in [3.05, 3.63) is 65.2 Å². The molecule has 1 unspecified atom stereocenters. The number of nitrogens with one attached hydrogen (secondary N) is 1. The van der Waals surface area contributed by atoms with Gasteiger partial charge in [-0.05, 0) is 43.7 Å². The summed E-state index contributed by atoms with van der Waals surface area (Å²) in [6, 6.07) is 15.4. The van der Waals surface area contributed by atoms with Gasteiger partial charge in [-0.25, -0.2) is 0 Å². The molecule has 0 spiro atoms. The summed E-state index contributed by atoms with van der Waals surface area (Å²) in [7, 11) is 2.15. The van der Waals surface area contributed by atoms with E-state index < -0.39 is 5.66 Å². The topological polar surface area (TPSA) is 76.2 Å². The van der Waals surface area contributed by atoms with Gasteiger partial charge in [0.05, 0.1) is 11.3 Å². The minimum Gasteiger partial charge on any atom is -0.350 e. The van der Waals surface area contributed by atoms with E-state index in [4.69, 9.17) is 0 Å². The van der Waals surface area contributed by atoms with Crippen LogP contribution in [0, 0.1) is 0 Å². The van der Waals surface area contributed by atoms with E-state index >= 15 is 0 Å². The number of para-hydroxylation sites is 1. The Hall–Kier alpha value is -3.23. The van der Waals surface area contributed by atoms with Crippen molar-refractivity contribution in [1.29, 1.82) is 0 Å². The molecule has 8 heteroatoms. The standard InChI is InChI=1S/C27H33N5O3/c1-27-11-10-25(34)32(27)23-9-4-3-8-22(23)26(35)31(27)19-24(33)28-17-20-6-5-7-21(16-20)18-30-14-12-29(2)13-15-30/h3-9,16H,10-15,17-19H2,1-2H3,(H,28,33). The number of hydrogen-bond acceptors (Lipinski definition) is 5. The third-order valence-corrected chi connectivity index (χ3v) is 7.53.